The number of carbonyl (C=O) groups is 3. The van der Waals surface area contributed by atoms with Crippen LogP contribution < -0.4 is 5.32 Å². The summed E-state index contributed by atoms with van der Waals surface area (Å²) < 4.78 is 9.26. The molecule has 0 aliphatic carbocycles. The van der Waals surface area contributed by atoms with E-state index in [1.807, 2.05) is 0 Å². The van der Waals surface area contributed by atoms with Gasteiger partial charge in [0, 0.05) is 29.1 Å². The van der Waals surface area contributed by atoms with Crippen molar-refractivity contribution in [3.05, 3.63) is 39.9 Å². The second-order valence-electron chi connectivity index (χ2n) is 4.64. The van der Waals surface area contributed by atoms with E-state index in [-0.39, 0.29) is 12.4 Å². The van der Waals surface area contributed by atoms with Gasteiger partial charge in [0.15, 0.2) is 6.61 Å². The van der Waals surface area contributed by atoms with E-state index in [1.165, 1.54) is 19.3 Å². The summed E-state index contributed by atoms with van der Waals surface area (Å²) in [5, 5.41) is 3.41. The molecule has 0 spiro atoms. The first-order chi connectivity index (χ1) is 11.4. The lowest BCUT2D eigenvalue weighted by Crippen LogP contribution is -2.29. The molecule has 0 unspecified atom stereocenters. The zero-order chi connectivity index (χ0) is 17.9. The standard InChI is InChI=1S/C16H17Cl2NO5/c1-23-15(21)3-2-8-19-14(20)10-24-16(22)7-5-11-4-6-12(17)9-13(11)18/h4-7,9H,2-3,8,10H2,1H3,(H,19,20)/b7-5+. The van der Waals surface area contributed by atoms with Gasteiger partial charge in [-0.3, -0.25) is 9.59 Å². The van der Waals surface area contributed by atoms with Gasteiger partial charge >= 0.3 is 11.9 Å². The van der Waals surface area contributed by atoms with Crippen molar-refractivity contribution in [3.8, 4) is 0 Å². The molecule has 130 valence electrons. The fourth-order valence-corrected chi connectivity index (χ4v) is 2.06. The summed E-state index contributed by atoms with van der Waals surface area (Å²) in [6.07, 6.45) is 3.29. The molecule has 1 aromatic rings. The summed E-state index contributed by atoms with van der Waals surface area (Å²) in [5.74, 6) is -1.47. The van der Waals surface area contributed by atoms with Crippen LogP contribution in [0.1, 0.15) is 18.4 Å². The van der Waals surface area contributed by atoms with Crippen LogP contribution in [-0.4, -0.2) is 38.1 Å². The van der Waals surface area contributed by atoms with Crippen molar-refractivity contribution in [3.63, 3.8) is 0 Å². The van der Waals surface area contributed by atoms with Gasteiger partial charge in [0.1, 0.15) is 0 Å². The van der Waals surface area contributed by atoms with Crippen LogP contribution in [0.3, 0.4) is 0 Å². The topological polar surface area (TPSA) is 81.7 Å². The number of hydrogen-bond acceptors (Lipinski definition) is 5. The van der Waals surface area contributed by atoms with E-state index in [9.17, 15) is 14.4 Å². The van der Waals surface area contributed by atoms with Crippen LogP contribution in [-0.2, 0) is 23.9 Å². The average Bonchev–Trinajstić information content (AvgIpc) is 2.55. The molecule has 1 rings (SSSR count). The minimum absolute atomic E-state index is 0.209. The largest absolute Gasteiger partial charge is 0.469 e. The van der Waals surface area contributed by atoms with Crippen LogP contribution in [0.5, 0.6) is 0 Å². The van der Waals surface area contributed by atoms with E-state index in [1.54, 1.807) is 18.2 Å². The fourth-order valence-electron chi connectivity index (χ4n) is 1.59. The van der Waals surface area contributed by atoms with Crippen molar-refractivity contribution in [2.45, 2.75) is 12.8 Å². The van der Waals surface area contributed by atoms with Crippen LogP contribution >= 0.6 is 23.2 Å². The number of amides is 1. The van der Waals surface area contributed by atoms with Crippen LogP contribution in [0.2, 0.25) is 10.0 Å². The molecule has 6 nitrogen and oxygen atoms in total. The number of methoxy groups -OCH3 is 1. The number of nitrogens with one attached hydrogen (secondary N) is 1. The first-order valence-corrected chi connectivity index (χ1v) is 7.81. The smallest absolute Gasteiger partial charge is 0.331 e. The quantitative estimate of drug-likeness (QED) is 0.430. The lowest BCUT2D eigenvalue weighted by atomic mass is 10.2. The Bertz CT molecular complexity index is 631. The Hall–Kier alpha value is -2.05. The highest BCUT2D eigenvalue weighted by atomic mass is 35.5. The van der Waals surface area contributed by atoms with E-state index in [4.69, 9.17) is 27.9 Å². The van der Waals surface area contributed by atoms with Gasteiger partial charge in [-0.25, -0.2) is 4.79 Å². The molecule has 1 amide bonds. The number of esters is 2. The molecule has 0 fully saturated rings. The fraction of sp³-hybridized carbons (Fsp3) is 0.312. The molecule has 8 heteroatoms. The maximum Gasteiger partial charge on any atom is 0.331 e. The van der Waals surface area contributed by atoms with E-state index < -0.39 is 18.5 Å². The number of carbonyl (C=O) groups excluding carboxylic acids is 3. The minimum atomic E-state index is -0.675. The lowest BCUT2D eigenvalue weighted by Gasteiger charge is -2.05. The average molecular weight is 374 g/mol. The Morgan fingerprint density at radius 3 is 2.67 bits per heavy atom. The molecule has 0 aliphatic rings. The molecule has 0 heterocycles. The predicted octanol–water partition coefficient (Wildman–Crippen LogP) is 2.62. The Labute approximate surface area is 149 Å². The molecule has 0 saturated carbocycles. The number of halogens is 2. The van der Waals surface area contributed by atoms with E-state index >= 15 is 0 Å². The molecule has 0 aliphatic heterocycles. The van der Waals surface area contributed by atoms with Crippen molar-refractivity contribution in [1.29, 1.82) is 0 Å². The molecule has 0 atom stereocenters. The highest BCUT2D eigenvalue weighted by Gasteiger charge is 2.06. The van der Waals surface area contributed by atoms with Crippen LogP contribution in [0.25, 0.3) is 6.08 Å². The van der Waals surface area contributed by atoms with Crippen molar-refractivity contribution in [2.24, 2.45) is 0 Å². The molecular formula is C16H17Cl2NO5. The maximum absolute atomic E-state index is 11.5. The summed E-state index contributed by atoms with van der Waals surface area (Å²) in [5.41, 5.74) is 0.602. The van der Waals surface area contributed by atoms with Gasteiger partial charge in [-0.2, -0.15) is 0 Å². The molecule has 1 aromatic carbocycles. The summed E-state index contributed by atoms with van der Waals surface area (Å²) in [6, 6.07) is 4.85. The van der Waals surface area contributed by atoms with Crippen molar-refractivity contribution in [1.82, 2.24) is 5.32 Å². The molecule has 0 radical (unpaired) electrons. The highest BCUT2D eigenvalue weighted by Crippen LogP contribution is 2.21. The third-order valence-corrected chi connectivity index (χ3v) is 3.38. The monoisotopic (exact) mass is 373 g/mol. The zero-order valence-electron chi connectivity index (χ0n) is 13.0. The van der Waals surface area contributed by atoms with Crippen LogP contribution in [0.4, 0.5) is 0 Å². The second-order valence-corrected chi connectivity index (χ2v) is 5.48. The molecule has 0 saturated heterocycles. The third-order valence-electron chi connectivity index (χ3n) is 2.81. The molecule has 1 N–H and O–H groups in total. The van der Waals surface area contributed by atoms with Crippen molar-refractivity contribution in [2.75, 3.05) is 20.3 Å². The summed E-state index contributed by atoms with van der Waals surface area (Å²) >= 11 is 11.7. The number of rotatable bonds is 8. The number of ether oxygens (including phenoxy) is 2. The van der Waals surface area contributed by atoms with Gasteiger partial charge in [-0.1, -0.05) is 29.3 Å². The first-order valence-electron chi connectivity index (χ1n) is 7.05. The normalized spacial score (nSPS) is 10.5. The molecule has 0 bridgehead atoms. The third kappa shape index (κ3) is 7.99. The maximum atomic E-state index is 11.5. The van der Waals surface area contributed by atoms with Gasteiger partial charge in [0.25, 0.3) is 5.91 Å². The summed E-state index contributed by atoms with van der Waals surface area (Å²) in [7, 11) is 1.30. The van der Waals surface area contributed by atoms with Gasteiger partial charge in [-0.05, 0) is 30.2 Å². The van der Waals surface area contributed by atoms with E-state index in [0.29, 0.717) is 28.6 Å². The highest BCUT2D eigenvalue weighted by molar-refractivity contribution is 6.35. The SMILES string of the molecule is COC(=O)CCCNC(=O)COC(=O)/C=C/c1ccc(Cl)cc1Cl. The van der Waals surface area contributed by atoms with Gasteiger partial charge in [0.2, 0.25) is 0 Å². The van der Waals surface area contributed by atoms with Crippen molar-refractivity contribution < 1.29 is 23.9 Å². The Morgan fingerprint density at radius 2 is 2.00 bits per heavy atom. The second kappa shape index (κ2) is 10.7. The summed E-state index contributed by atoms with van der Waals surface area (Å²) in [4.78, 5) is 33.9. The molecule has 24 heavy (non-hydrogen) atoms. The van der Waals surface area contributed by atoms with E-state index in [2.05, 4.69) is 10.1 Å². The Morgan fingerprint density at radius 1 is 1.25 bits per heavy atom. The zero-order valence-corrected chi connectivity index (χ0v) is 14.5. The summed E-state index contributed by atoms with van der Waals surface area (Å²) in [6.45, 7) is -0.114. The van der Waals surface area contributed by atoms with Crippen molar-refractivity contribution >= 4 is 47.1 Å². The van der Waals surface area contributed by atoms with Crippen LogP contribution in [0, 0.1) is 0 Å². The molecular weight excluding hydrogens is 357 g/mol. The van der Waals surface area contributed by atoms with Gasteiger partial charge in [0.05, 0.1) is 7.11 Å². The van der Waals surface area contributed by atoms with Crippen LogP contribution in [0.15, 0.2) is 24.3 Å². The Balaban J connectivity index is 2.29. The number of hydrogen-bond donors (Lipinski definition) is 1. The van der Waals surface area contributed by atoms with Gasteiger partial charge in [-0.15, -0.1) is 0 Å². The lowest BCUT2D eigenvalue weighted by molar-refractivity contribution is -0.143. The van der Waals surface area contributed by atoms with Gasteiger partial charge < -0.3 is 14.8 Å². The number of benzene rings is 1. The Kier molecular flexibility index (Phi) is 8.89. The minimum Gasteiger partial charge on any atom is -0.469 e. The van der Waals surface area contributed by atoms with E-state index in [0.717, 1.165) is 0 Å². The molecule has 0 aromatic heterocycles. The predicted molar refractivity (Wildman–Crippen MR) is 90.7 cm³/mol. The first kappa shape index (κ1) is 20.0.